The lowest BCUT2D eigenvalue weighted by Crippen LogP contribution is -2.46. The van der Waals surface area contributed by atoms with Crippen molar-refractivity contribution in [3.05, 3.63) is 0 Å². The smallest absolute Gasteiger partial charge is 0.321 e. The molecule has 0 aromatic heterocycles. The Morgan fingerprint density at radius 3 is 2.14 bits per heavy atom. The van der Waals surface area contributed by atoms with E-state index in [1.54, 1.807) is 0 Å². The summed E-state index contributed by atoms with van der Waals surface area (Å²) in [4.78, 5) is 10.8. The van der Waals surface area contributed by atoms with Crippen LogP contribution in [0.3, 0.4) is 0 Å². The Kier molecular flexibility index (Phi) is 4.46. The summed E-state index contributed by atoms with van der Waals surface area (Å²) in [6.07, 6.45) is 0.747. The quantitative estimate of drug-likeness (QED) is 0.617. The zero-order chi connectivity index (χ0) is 11.6. The first-order chi connectivity index (χ1) is 6.12. The number of carboxylic acid groups (broad SMARTS) is 1. The molecule has 0 aromatic carbocycles. The van der Waals surface area contributed by atoms with Crippen LogP contribution in [-0.4, -0.2) is 22.9 Å². The van der Waals surface area contributed by atoms with Crippen molar-refractivity contribution in [2.75, 3.05) is 5.75 Å². The Hall–Kier alpha value is -0.220. The Morgan fingerprint density at radius 1 is 1.43 bits per heavy atom. The number of hydrogen-bond acceptors (Lipinski definition) is 3. The number of rotatable bonds is 5. The normalized spacial score (nSPS) is 15.3. The molecule has 0 bridgehead atoms. The maximum absolute atomic E-state index is 10.8. The number of carbonyl (C=O) groups is 1. The van der Waals surface area contributed by atoms with Crippen molar-refractivity contribution < 1.29 is 9.90 Å². The highest BCUT2D eigenvalue weighted by Crippen LogP contribution is 2.36. The molecular weight excluding hydrogens is 198 g/mol. The lowest BCUT2D eigenvalue weighted by molar-refractivity contribution is -0.141. The monoisotopic (exact) mass is 219 g/mol. The zero-order valence-corrected chi connectivity index (χ0v) is 10.3. The van der Waals surface area contributed by atoms with E-state index >= 15 is 0 Å². The van der Waals surface area contributed by atoms with Gasteiger partial charge in [-0.15, -0.1) is 0 Å². The highest BCUT2D eigenvalue weighted by molar-refractivity contribution is 7.80. The summed E-state index contributed by atoms with van der Waals surface area (Å²) in [7, 11) is 0. The first-order valence-corrected chi connectivity index (χ1v) is 5.35. The highest BCUT2D eigenvalue weighted by atomic mass is 32.1. The largest absolute Gasteiger partial charge is 0.480 e. The highest BCUT2D eigenvalue weighted by Gasteiger charge is 2.36. The number of hydrogen-bond donors (Lipinski definition) is 3. The second kappa shape index (κ2) is 4.53. The molecule has 0 saturated heterocycles. The third kappa shape index (κ3) is 3.88. The second-order valence-electron chi connectivity index (χ2n) is 5.30. The molecule has 0 amide bonds. The maximum Gasteiger partial charge on any atom is 0.321 e. The summed E-state index contributed by atoms with van der Waals surface area (Å²) in [5.74, 6) is -0.215. The molecule has 0 aliphatic heterocycles. The molecule has 0 saturated carbocycles. The first kappa shape index (κ1) is 13.8. The van der Waals surface area contributed by atoms with E-state index in [1.165, 1.54) is 0 Å². The van der Waals surface area contributed by atoms with Gasteiger partial charge in [0.2, 0.25) is 0 Å². The molecule has 0 aromatic rings. The summed E-state index contributed by atoms with van der Waals surface area (Å²) in [6.45, 7) is 7.90. The van der Waals surface area contributed by atoms with Crippen molar-refractivity contribution in [1.29, 1.82) is 0 Å². The number of thiol groups is 1. The summed E-state index contributed by atoms with van der Waals surface area (Å²) in [5.41, 5.74) is 5.24. The molecule has 0 rings (SSSR count). The van der Waals surface area contributed by atoms with Gasteiger partial charge in [-0.25, -0.2) is 0 Å². The van der Waals surface area contributed by atoms with Gasteiger partial charge in [0, 0.05) is 0 Å². The molecule has 0 aliphatic carbocycles. The van der Waals surface area contributed by atoms with Gasteiger partial charge < -0.3 is 10.8 Å². The van der Waals surface area contributed by atoms with Gasteiger partial charge in [-0.1, -0.05) is 27.7 Å². The fourth-order valence-electron chi connectivity index (χ4n) is 1.73. The maximum atomic E-state index is 10.8. The molecule has 0 radical (unpaired) electrons. The fourth-order valence-corrected chi connectivity index (χ4v) is 1.85. The predicted octanol–water partition coefficient (Wildman–Crippen LogP) is 1.77. The van der Waals surface area contributed by atoms with Crippen molar-refractivity contribution in [2.24, 2.45) is 16.6 Å². The van der Waals surface area contributed by atoms with Crippen LogP contribution in [0.15, 0.2) is 0 Å². The SMILES string of the molecule is CC(C)(CS)CC(C)(C)C(N)C(=O)O. The summed E-state index contributed by atoms with van der Waals surface area (Å²) < 4.78 is 0. The van der Waals surface area contributed by atoms with Gasteiger partial charge in [0.25, 0.3) is 0 Å². The van der Waals surface area contributed by atoms with Crippen LogP contribution in [-0.2, 0) is 4.79 Å². The second-order valence-corrected chi connectivity index (χ2v) is 5.62. The van der Waals surface area contributed by atoms with Crippen molar-refractivity contribution >= 4 is 18.6 Å². The Labute approximate surface area is 91.5 Å². The van der Waals surface area contributed by atoms with Gasteiger partial charge in [-0.05, 0) is 23.0 Å². The standard InChI is InChI=1S/C10H21NO2S/c1-9(2,6-14)5-10(3,4)7(11)8(12)13/h7,14H,5-6,11H2,1-4H3,(H,12,13). The van der Waals surface area contributed by atoms with E-state index in [0.29, 0.717) is 0 Å². The number of nitrogens with two attached hydrogens (primary N) is 1. The average molecular weight is 219 g/mol. The molecule has 0 spiro atoms. The van der Waals surface area contributed by atoms with E-state index in [1.807, 2.05) is 13.8 Å². The molecule has 14 heavy (non-hydrogen) atoms. The van der Waals surface area contributed by atoms with Crippen molar-refractivity contribution in [2.45, 2.75) is 40.2 Å². The minimum absolute atomic E-state index is 0.0136. The third-order valence-electron chi connectivity index (χ3n) is 2.47. The Morgan fingerprint density at radius 2 is 1.86 bits per heavy atom. The van der Waals surface area contributed by atoms with E-state index in [-0.39, 0.29) is 5.41 Å². The summed E-state index contributed by atoms with van der Waals surface area (Å²) in [5, 5.41) is 8.84. The van der Waals surface area contributed by atoms with E-state index < -0.39 is 17.4 Å². The molecule has 0 aliphatic rings. The van der Waals surface area contributed by atoms with Crippen molar-refractivity contribution in [3.63, 3.8) is 0 Å². The first-order valence-electron chi connectivity index (χ1n) is 4.72. The van der Waals surface area contributed by atoms with Gasteiger partial charge in [0.05, 0.1) is 0 Å². The lowest BCUT2D eigenvalue weighted by atomic mass is 9.72. The zero-order valence-electron chi connectivity index (χ0n) is 9.37. The van der Waals surface area contributed by atoms with Crippen LogP contribution in [0.1, 0.15) is 34.1 Å². The molecular formula is C10H21NO2S. The van der Waals surface area contributed by atoms with Crippen LogP contribution in [0.25, 0.3) is 0 Å². The van der Waals surface area contributed by atoms with Gasteiger partial charge in [-0.2, -0.15) is 12.6 Å². The van der Waals surface area contributed by atoms with Crippen LogP contribution >= 0.6 is 12.6 Å². The van der Waals surface area contributed by atoms with Crippen molar-refractivity contribution in [1.82, 2.24) is 0 Å². The van der Waals surface area contributed by atoms with Gasteiger partial charge in [-0.3, -0.25) is 4.79 Å². The van der Waals surface area contributed by atoms with E-state index in [4.69, 9.17) is 10.8 Å². The topological polar surface area (TPSA) is 63.3 Å². The summed E-state index contributed by atoms with van der Waals surface area (Å²) >= 11 is 4.25. The molecule has 3 nitrogen and oxygen atoms in total. The number of aliphatic carboxylic acids is 1. The molecule has 0 heterocycles. The Bertz CT molecular complexity index is 214. The molecule has 0 fully saturated rings. The molecule has 1 atom stereocenters. The minimum Gasteiger partial charge on any atom is -0.480 e. The molecule has 4 heteroatoms. The van der Waals surface area contributed by atoms with Crippen molar-refractivity contribution in [3.8, 4) is 0 Å². The summed E-state index contributed by atoms with van der Waals surface area (Å²) in [6, 6.07) is -0.818. The van der Waals surface area contributed by atoms with E-state index in [0.717, 1.165) is 12.2 Å². The van der Waals surface area contributed by atoms with Crippen LogP contribution in [0.2, 0.25) is 0 Å². The number of carboxylic acids is 1. The van der Waals surface area contributed by atoms with Crippen LogP contribution < -0.4 is 5.73 Å². The fraction of sp³-hybridized carbons (Fsp3) is 0.900. The molecule has 1 unspecified atom stereocenters. The molecule has 84 valence electrons. The predicted molar refractivity (Wildman–Crippen MR) is 61.6 cm³/mol. The lowest BCUT2D eigenvalue weighted by Gasteiger charge is -2.36. The van der Waals surface area contributed by atoms with Gasteiger partial charge >= 0.3 is 5.97 Å². The average Bonchev–Trinajstić information content (AvgIpc) is 2.01. The molecule has 3 N–H and O–H groups in total. The van der Waals surface area contributed by atoms with Crippen LogP contribution in [0, 0.1) is 10.8 Å². The van der Waals surface area contributed by atoms with Gasteiger partial charge in [0.1, 0.15) is 6.04 Å². The minimum atomic E-state index is -0.940. The van der Waals surface area contributed by atoms with Crippen LogP contribution in [0.5, 0.6) is 0 Å². The third-order valence-corrected chi connectivity index (χ3v) is 3.33. The Balaban J connectivity index is 4.56. The van der Waals surface area contributed by atoms with Gasteiger partial charge in [0.15, 0.2) is 0 Å². The van der Waals surface area contributed by atoms with E-state index in [9.17, 15) is 4.79 Å². The van der Waals surface area contributed by atoms with Crippen LogP contribution in [0.4, 0.5) is 0 Å². The van der Waals surface area contributed by atoms with E-state index in [2.05, 4.69) is 26.5 Å².